The lowest BCUT2D eigenvalue weighted by atomic mass is 9.89. The van der Waals surface area contributed by atoms with Crippen LogP contribution in [0.3, 0.4) is 0 Å². The highest BCUT2D eigenvalue weighted by Gasteiger charge is 2.58. The third-order valence-electron chi connectivity index (χ3n) is 17.9. The van der Waals surface area contributed by atoms with E-state index in [4.69, 9.17) is 52.1 Å². The van der Waals surface area contributed by atoms with Gasteiger partial charge in [-0.05, 0) is 48.5 Å². The largest absolute Gasteiger partial charge is 0.504 e. The second kappa shape index (κ2) is 26.8. The summed E-state index contributed by atoms with van der Waals surface area (Å²) in [6.45, 7) is -3.72. The van der Waals surface area contributed by atoms with E-state index in [9.17, 15) is 137 Å². The lowest BCUT2D eigenvalue weighted by molar-refractivity contribution is -0.278. The third kappa shape index (κ3) is 11.7. The highest BCUT2D eigenvalue weighted by molar-refractivity contribution is 6.13. The van der Waals surface area contributed by atoms with Gasteiger partial charge in [-0.2, -0.15) is 0 Å². The van der Waals surface area contributed by atoms with Gasteiger partial charge >= 0.3 is 47.8 Å². The first-order chi connectivity index (χ1) is 52.8. The summed E-state index contributed by atoms with van der Waals surface area (Å²) in [5, 5.41) is 270. The zero-order valence-electron chi connectivity index (χ0n) is 54.7. The van der Waals surface area contributed by atoms with Crippen molar-refractivity contribution in [3.05, 3.63) is 93.0 Å². The number of cyclic esters (lactones) is 1. The van der Waals surface area contributed by atoms with E-state index in [0.717, 1.165) is 0 Å². The van der Waals surface area contributed by atoms with E-state index in [1.54, 1.807) is 0 Å². The molecule has 44 nitrogen and oxygen atoms in total. The summed E-state index contributed by atoms with van der Waals surface area (Å²) >= 11 is 0. The van der Waals surface area contributed by atoms with E-state index in [-0.39, 0.29) is 24.3 Å². The Kier molecular flexibility index (Phi) is 17.7. The van der Waals surface area contributed by atoms with Gasteiger partial charge in [0.1, 0.15) is 30.4 Å². The minimum atomic E-state index is -3.29. The van der Waals surface area contributed by atoms with Crippen molar-refractivity contribution in [3.63, 3.8) is 0 Å². The molecule has 8 aromatic carbocycles. The van der Waals surface area contributed by atoms with Crippen LogP contribution in [0.4, 0.5) is 0 Å². The Balaban J connectivity index is 1.16. The van der Waals surface area contributed by atoms with Crippen molar-refractivity contribution >= 4 is 54.0 Å². The number of aromatic hydroxyl groups is 24. The molecule has 44 heteroatoms. The highest BCUT2D eigenvalue weighted by Crippen LogP contribution is 2.61. The van der Waals surface area contributed by atoms with Crippen LogP contribution in [0, 0.1) is 0 Å². The van der Waals surface area contributed by atoms with E-state index >= 15 is 28.8 Å². The van der Waals surface area contributed by atoms with Gasteiger partial charge in [-0.25, -0.2) is 38.4 Å². The minimum Gasteiger partial charge on any atom is -0.504 e. The van der Waals surface area contributed by atoms with E-state index in [1.807, 2.05) is 0 Å². The Morgan fingerprint density at radius 1 is 0.330 bits per heavy atom. The number of ether oxygens (including phenoxy) is 11. The average Bonchev–Trinajstić information content (AvgIpc) is 0.736. The number of carbonyl (C=O) groups is 9. The number of phenols is 24. The number of esters is 8. The standard InChI is InChI=1S/C68H46O44/c69-9-26-53-54-27(11-103-60(94)12-1-18(70)37(78)19(71)2-12)105-62(96)16-7-24(76)41(82)45(86)31(16)34-36(67(101)109-54)57(52(93)50(91)48(34)89)107-55-28(10-102-56-35(66(100)104-26)33(47(88)49(90)51(56)92)32-17(63(97)108-53)8-25(77)42(83)46(32)87)106-68(112-61(95)13-3-20(72)38(79)21(73)4-13)59-58(55)110-64(98)14-5-22(74)39(80)43(84)29(14)30-15(65(99)111-59)6-23(75)40(81)44(30)85/h1-9,26-28,53-55,58-59,68,70-93H,10-11H2/t26-,27-,28+,53+,54+,55+,58-,59+,68-/m0/s1. The summed E-state index contributed by atoms with van der Waals surface area (Å²) in [5.41, 5.74) is -20.7. The Hall–Kier alpha value is -16.1. The number of fused-ring (bicyclic) bond motifs is 16. The predicted octanol–water partition coefficient (Wildman–Crippen LogP) is 1.99. The fraction of sp³-hybridized carbons (Fsp3) is 0.162. The molecule has 0 spiro atoms. The van der Waals surface area contributed by atoms with Crippen molar-refractivity contribution in [2.75, 3.05) is 13.2 Å². The van der Waals surface area contributed by atoms with E-state index in [0.29, 0.717) is 24.3 Å². The summed E-state index contributed by atoms with van der Waals surface area (Å²) in [5.74, 6) is -60.3. The topological polar surface area (TPSA) is 741 Å². The molecule has 13 rings (SSSR count). The van der Waals surface area contributed by atoms with Crippen LogP contribution in [0.15, 0.2) is 48.5 Å². The van der Waals surface area contributed by atoms with Crippen LogP contribution in [-0.4, -0.2) is 245 Å². The van der Waals surface area contributed by atoms with Gasteiger partial charge in [0.2, 0.25) is 58.4 Å². The molecule has 4 bridgehead atoms. The number of hydrogen-bond acceptors (Lipinski definition) is 44. The van der Waals surface area contributed by atoms with Crippen LogP contribution in [0.1, 0.15) is 82.9 Å². The molecule has 1 fully saturated rings. The normalized spacial score (nSPS) is 20.4. The second-order valence-corrected chi connectivity index (χ2v) is 24.4. The van der Waals surface area contributed by atoms with Gasteiger partial charge in [-0.1, -0.05) is 0 Å². The monoisotopic (exact) mass is 1570 g/mol. The second-order valence-electron chi connectivity index (χ2n) is 24.4. The maximum absolute atomic E-state index is 16.3. The SMILES string of the molecule is O=C[C@@H]1OC(=O)c2c3c(O)c(O)c(O)c2-c2c(cc(O)c(O)c2O)C(=O)O[C@H]1[C@@H]1OC(=O)c2c(c(O)c(O)c(O)c2-c2c(cc(O)c(O)c2O)C(=O)O[C@H]1COC(=O)c1cc(O)c(O)c(O)c1)O[C@H]1[C@@H]2OC(=O)c4cc(O)c(O)c(O)c4-c4c(cc(O)c(O)c4O)C(=O)O[C@H]2[C@H](OC(=O)c2cc(O)c(O)c(O)c2)O[C@@H]1CO3. The van der Waals surface area contributed by atoms with Crippen molar-refractivity contribution in [2.24, 2.45) is 0 Å². The van der Waals surface area contributed by atoms with E-state index < -0.39 is 350 Å². The zero-order chi connectivity index (χ0) is 81.5. The van der Waals surface area contributed by atoms with Gasteiger partial charge in [0.05, 0.1) is 44.5 Å². The highest BCUT2D eigenvalue weighted by atomic mass is 16.7. The molecule has 5 heterocycles. The van der Waals surface area contributed by atoms with Crippen molar-refractivity contribution < 1.29 is 218 Å². The van der Waals surface area contributed by atoms with Crippen LogP contribution in [0.5, 0.6) is 149 Å². The molecule has 8 aromatic rings. The molecule has 1 saturated heterocycles. The summed E-state index contributed by atoms with van der Waals surface area (Å²) in [4.78, 5) is 136. The van der Waals surface area contributed by atoms with Crippen LogP contribution in [0.2, 0.25) is 0 Å². The molecule has 5 aliphatic heterocycles. The van der Waals surface area contributed by atoms with Crippen molar-refractivity contribution in [2.45, 2.75) is 55.1 Å². The molecule has 112 heavy (non-hydrogen) atoms. The lowest BCUT2D eigenvalue weighted by Crippen LogP contribution is -2.64. The fourth-order valence-electron chi connectivity index (χ4n) is 12.6. The number of hydrogen-bond donors (Lipinski definition) is 24. The Morgan fingerprint density at radius 3 is 1.12 bits per heavy atom. The van der Waals surface area contributed by atoms with Gasteiger partial charge in [0.15, 0.2) is 146 Å². The smallest absolute Gasteiger partial charge is 0.343 e. The van der Waals surface area contributed by atoms with Gasteiger partial charge in [-0.3, -0.25) is 4.79 Å². The fourth-order valence-corrected chi connectivity index (χ4v) is 12.6. The van der Waals surface area contributed by atoms with Gasteiger partial charge in [0, 0.05) is 22.3 Å². The van der Waals surface area contributed by atoms with Crippen LogP contribution >= 0.6 is 0 Å². The van der Waals surface area contributed by atoms with Crippen molar-refractivity contribution in [1.82, 2.24) is 0 Å². The molecule has 24 N–H and O–H groups in total. The van der Waals surface area contributed by atoms with E-state index in [1.165, 1.54) is 0 Å². The molecular formula is C68H46O44. The number of carbonyl (C=O) groups excluding carboxylic acids is 9. The van der Waals surface area contributed by atoms with Crippen LogP contribution in [-0.2, 0) is 47.4 Å². The summed E-state index contributed by atoms with van der Waals surface area (Å²) in [7, 11) is 0. The summed E-state index contributed by atoms with van der Waals surface area (Å²) < 4.78 is 64.0. The maximum atomic E-state index is 16.3. The van der Waals surface area contributed by atoms with E-state index in [2.05, 4.69) is 0 Å². The molecule has 0 aromatic heterocycles. The van der Waals surface area contributed by atoms with Gasteiger partial charge < -0.3 is 175 Å². The number of phenolic OH excluding ortho intramolecular Hbond substituents is 24. The Morgan fingerprint density at radius 2 is 0.679 bits per heavy atom. The van der Waals surface area contributed by atoms with Gasteiger partial charge in [-0.15, -0.1) is 0 Å². The lowest BCUT2D eigenvalue weighted by Gasteiger charge is -2.45. The van der Waals surface area contributed by atoms with Crippen LogP contribution in [0.25, 0.3) is 33.4 Å². The quantitative estimate of drug-likeness (QED) is 0.0490. The van der Waals surface area contributed by atoms with Crippen LogP contribution < -0.4 is 9.47 Å². The molecule has 0 saturated carbocycles. The average molecular weight is 1570 g/mol. The molecule has 0 amide bonds. The van der Waals surface area contributed by atoms with Crippen molar-refractivity contribution in [3.8, 4) is 183 Å². The molecule has 9 atom stereocenters. The first kappa shape index (κ1) is 74.2. The van der Waals surface area contributed by atoms with Crippen molar-refractivity contribution in [1.29, 1.82) is 0 Å². The molecule has 5 aliphatic rings. The Labute approximate surface area is 614 Å². The molecule has 582 valence electrons. The zero-order valence-corrected chi connectivity index (χ0v) is 54.7. The molecule has 0 aliphatic carbocycles. The summed E-state index contributed by atoms with van der Waals surface area (Å²) in [6.07, 6.45) is -28.6. The summed E-state index contributed by atoms with van der Waals surface area (Å²) in [6, 6.07) is 2.35. The first-order valence-electron chi connectivity index (χ1n) is 31.1. The minimum absolute atomic E-state index is 0.136. The van der Waals surface area contributed by atoms with Gasteiger partial charge in [0.25, 0.3) is 0 Å². The molecular weight excluding hydrogens is 1520 g/mol. The predicted molar refractivity (Wildman–Crippen MR) is 344 cm³/mol. The maximum Gasteiger partial charge on any atom is 0.343 e. The first-order valence-corrected chi connectivity index (χ1v) is 31.1. The Bertz CT molecular complexity index is 5520. The molecule has 0 unspecified atom stereocenters. The number of benzene rings is 8. The number of rotatable bonds is 6. The molecule has 0 radical (unpaired) electrons. The number of aldehydes is 1. The third-order valence-corrected chi connectivity index (χ3v) is 17.9.